The number of rotatable bonds is 5. The van der Waals surface area contributed by atoms with Gasteiger partial charge in [0.05, 0.1) is 5.56 Å². The van der Waals surface area contributed by atoms with Gasteiger partial charge in [0.2, 0.25) is 0 Å². The Kier molecular flexibility index (Phi) is 7.12. The van der Waals surface area contributed by atoms with E-state index in [1.54, 1.807) is 30.3 Å². The van der Waals surface area contributed by atoms with Gasteiger partial charge in [-0.2, -0.15) is 13.2 Å². The molecule has 124 valence electrons. The van der Waals surface area contributed by atoms with Crippen molar-refractivity contribution in [2.75, 3.05) is 12.3 Å². The zero-order valence-electron chi connectivity index (χ0n) is 12.0. The van der Waals surface area contributed by atoms with Crippen LogP contribution in [0.3, 0.4) is 0 Å². The molecule has 7 heteroatoms. The van der Waals surface area contributed by atoms with Gasteiger partial charge in [0, 0.05) is 28.3 Å². The molecule has 0 aliphatic carbocycles. The highest BCUT2D eigenvalue weighted by Crippen LogP contribution is 2.34. The van der Waals surface area contributed by atoms with Crippen LogP contribution < -0.4 is 5.73 Å². The van der Waals surface area contributed by atoms with Gasteiger partial charge < -0.3 is 5.73 Å². The van der Waals surface area contributed by atoms with Crippen molar-refractivity contribution in [3.05, 3.63) is 65.2 Å². The molecule has 0 radical (unpaired) electrons. The molecule has 2 N–H and O–H groups in total. The molecular formula is C16H15ClF3NOS. The van der Waals surface area contributed by atoms with E-state index in [1.165, 1.54) is 17.8 Å². The number of halogens is 4. The number of thioether (sulfide) groups is 1. The second-order valence-electron chi connectivity index (χ2n) is 4.54. The van der Waals surface area contributed by atoms with E-state index in [1.807, 2.05) is 0 Å². The van der Waals surface area contributed by atoms with Crippen molar-refractivity contribution in [3.8, 4) is 0 Å². The molecule has 23 heavy (non-hydrogen) atoms. The molecule has 0 saturated carbocycles. The standard InChI is InChI=1S/C16H14F3NOS.ClH/c17-16(18,19)12-6-7-14(22-9-8-20)13(10-12)15(21)11-4-2-1-3-5-11;/h1-7,10H,8-9,20H2;1H. The largest absolute Gasteiger partial charge is 0.416 e. The third kappa shape index (κ3) is 4.99. The van der Waals surface area contributed by atoms with Gasteiger partial charge in [-0.1, -0.05) is 30.3 Å². The van der Waals surface area contributed by atoms with Crippen LogP contribution in [0.15, 0.2) is 53.4 Å². The van der Waals surface area contributed by atoms with Crippen molar-refractivity contribution < 1.29 is 18.0 Å². The third-order valence-corrected chi connectivity index (χ3v) is 4.07. The normalized spacial score (nSPS) is 11.0. The number of carbonyl (C=O) groups is 1. The number of benzene rings is 2. The van der Waals surface area contributed by atoms with E-state index in [4.69, 9.17) is 5.73 Å². The predicted octanol–water partition coefficient (Wildman–Crippen LogP) is 4.41. The Balaban J connectivity index is 0.00000264. The van der Waals surface area contributed by atoms with Gasteiger partial charge >= 0.3 is 6.18 Å². The summed E-state index contributed by atoms with van der Waals surface area (Å²) in [6, 6.07) is 11.5. The van der Waals surface area contributed by atoms with Gasteiger partial charge in [-0.15, -0.1) is 24.2 Å². The fourth-order valence-corrected chi connectivity index (χ4v) is 2.73. The lowest BCUT2D eigenvalue weighted by molar-refractivity contribution is -0.137. The molecule has 0 saturated heterocycles. The molecule has 0 spiro atoms. The molecule has 0 heterocycles. The molecule has 0 aromatic heterocycles. The highest BCUT2D eigenvalue weighted by molar-refractivity contribution is 7.99. The molecule has 0 aliphatic rings. The lowest BCUT2D eigenvalue weighted by atomic mass is 10.0. The first-order chi connectivity index (χ1) is 10.4. The van der Waals surface area contributed by atoms with Crippen molar-refractivity contribution in [1.82, 2.24) is 0 Å². The average molecular weight is 362 g/mol. The summed E-state index contributed by atoms with van der Waals surface area (Å²) in [5.41, 5.74) is 5.01. The van der Waals surface area contributed by atoms with E-state index < -0.39 is 17.5 Å². The van der Waals surface area contributed by atoms with Gasteiger partial charge in [-0.3, -0.25) is 4.79 Å². The minimum absolute atomic E-state index is 0. The first-order valence-electron chi connectivity index (χ1n) is 6.57. The Morgan fingerprint density at radius 1 is 1.09 bits per heavy atom. The van der Waals surface area contributed by atoms with Crippen LogP contribution in [-0.2, 0) is 6.18 Å². The Hall–Kier alpha value is -1.50. The zero-order chi connectivity index (χ0) is 16.2. The van der Waals surface area contributed by atoms with Crippen molar-refractivity contribution in [2.45, 2.75) is 11.1 Å². The van der Waals surface area contributed by atoms with Crippen LogP contribution in [-0.4, -0.2) is 18.1 Å². The maximum absolute atomic E-state index is 12.9. The molecule has 0 unspecified atom stereocenters. The molecule has 0 fully saturated rings. The van der Waals surface area contributed by atoms with Gasteiger partial charge in [0.15, 0.2) is 5.78 Å². The van der Waals surface area contributed by atoms with Crippen molar-refractivity contribution in [3.63, 3.8) is 0 Å². The van der Waals surface area contributed by atoms with Crippen molar-refractivity contribution in [2.24, 2.45) is 5.73 Å². The third-order valence-electron chi connectivity index (χ3n) is 2.96. The lowest BCUT2D eigenvalue weighted by Gasteiger charge is -2.12. The summed E-state index contributed by atoms with van der Waals surface area (Å²) in [4.78, 5) is 13.0. The summed E-state index contributed by atoms with van der Waals surface area (Å²) >= 11 is 1.28. The minimum atomic E-state index is -4.48. The van der Waals surface area contributed by atoms with Crippen LogP contribution in [0.4, 0.5) is 13.2 Å². The minimum Gasteiger partial charge on any atom is -0.330 e. The van der Waals surface area contributed by atoms with Crippen molar-refractivity contribution >= 4 is 30.0 Å². The van der Waals surface area contributed by atoms with Crippen LogP contribution in [0, 0.1) is 0 Å². The molecule has 0 aliphatic heterocycles. The van der Waals surface area contributed by atoms with Crippen molar-refractivity contribution in [1.29, 1.82) is 0 Å². The summed E-state index contributed by atoms with van der Waals surface area (Å²) < 4.78 is 38.6. The lowest BCUT2D eigenvalue weighted by Crippen LogP contribution is -2.10. The fourth-order valence-electron chi connectivity index (χ4n) is 1.92. The number of nitrogens with two attached hydrogens (primary N) is 1. The number of carbonyl (C=O) groups excluding carboxylic acids is 1. The van der Waals surface area contributed by atoms with Gasteiger partial charge in [0.25, 0.3) is 0 Å². The average Bonchev–Trinajstić information content (AvgIpc) is 2.52. The summed E-state index contributed by atoms with van der Waals surface area (Å²) in [6.45, 7) is 0.380. The Morgan fingerprint density at radius 3 is 2.30 bits per heavy atom. The van der Waals surface area contributed by atoms with E-state index in [0.717, 1.165) is 12.1 Å². The highest BCUT2D eigenvalue weighted by atomic mass is 35.5. The van der Waals surface area contributed by atoms with Crippen LogP contribution in [0.25, 0.3) is 0 Å². The monoisotopic (exact) mass is 361 g/mol. The zero-order valence-corrected chi connectivity index (χ0v) is 13.6. The first kappa shape index (κ1) is 19.5. The van der Waals surface area contributed by atoms with E-state index in [2.05, 4.69) is 0 Å². The summed E-state index contributed by atoms with van der Waals surface area (Å²) in [5.74, 6) is 0.103. The summed E-state index contributed by atoms with van der Waals surface area (Å²) in [6.07, 6.45) is -4.48. The Labute approximate surface area is 142 Å². The van der Waals surface area contributed by atoms with E-state index >= 15 is 0 Å². The molecule has 0 amide bonds. The van der Waals surface area contributed by atoms with Crippen LogP contribution in [0.1, 0.15) is 21.5 Å². The number of hydrogen-bond acceptors (Lipinski definition) is 3. The van der Waals surface area contributed by atoms with E-state index in [-0.39, 0.29) is 18.0 Å². The molecule has 2 aromatic carbocycles. The van der Waals surface area contributed by atoms with Crippen LogP contribution >= 0.6 is 24.2 Å². The highest BCUT2D eigenvalue weighted by Gasteiger charge is 2.31. The molecule has 2 rings (SSSR count). The number of alkyl halides is 3. The SMILES string of the molecule is Cl.NCCSc1ccc(C(F)(F)F)cc1C(=O)c1ccccc1. The summed E-state index contributed by atoms with van der Waals surface area (Å²) in [5, 5.41) is 0. The quantitative estimate of drug-likeness (QED) is 0.633. The topological polar surface area (TPSA) is 43.1 Å². The maximum Gasteiger partial charge on any atom is 0.416 e. The van der Waals surface area contributed by atoms with Gasteiger partial charge in [-0.05, 0) is 18.2 Å². The van der Waals surface area contributed by atoms with Gasteiger partial charge in [-0.25, -0.2) is 0 Å². The Morgan fingerprint density at radius 2 is 1.74 bits per heavy atom. The van der Waals surface area contributed by atoms with Crippen LogP contribution in [0.2, 0.25) is 0 Å². The fraction of sp³-hybridized carbons (Fsp3) is 0.188. The molecule has 2 nitrogen and oxygen atoms in total. The molecule has 0 bridgehead atoms. The number of ketones is 1. The molecular weight excluding hydrogens is 347 g/mol. The second-order valence-corrected chi connectivity index (χ2v) is 5.68. The Bertz CT molecular complexity index is 662. The predicted molar refractivity (Wildman–Crippen MR) is 88.3 cm³/mol. The van der Waals surface area contributed by atoms with E-state index in [9.17, 15) is 18.0 Å². The second kappa shape index (κ2) is 8.38. The molecule has 0 atom stereocenters. The number of hydrogen-bond donors (Lipinski definition) is 1. The first-order valence-corrected chi connectivity index (χ1v) is 7.56. The van der Waals surface area contributed by atoms with Crippen LogP contribution in [0.5, 0.6) is 0 Å². The summed E-state index contributed by atoms with van der Waals surface area (Å²) in [7, 11) is 0. The molecule has 2 aromatic rings. The maximum atomic E-state index is 12.9. The van der Waals surface area contributed by atoms with Gasteiger partial charge in [0.1, 0.15) is 0 Å². The van der Waals surface area contributed by atoms with E-state index in [0.29, 0.717) is 22.8 Å². The smallest absolute Gasteiger partial charge is 0.330 e.